The van der Waals surface area contributed by atoms with E-state index in [9.17, 15) is 15.0 Å². The van der Waals surface area contributed by atoms with Crippen molar-refractivity contribution >= 4 is 5.97 Å². The van der Waals surface area contributed by atoms with Gasteiger partial charge in [0.05, 0.1) is 25.2 Å². The molecule has 1 heterocycles. The first-order valence-electron chi connectivity index (χ1n) is 7.09. The molecular formula is C17H16O6. The number of esters is 1. The number of methoxy groups -OCH3 is 1. The van der Waals surface area contributed by atoms with Crippen molar-refractivity contribution in [3.8, 4) is 17.2 Å². The second kappa shape index (κ2) is 6.18. The molecule has 0 aliphatic carbocycles. The van der Waals surface area contributed by atoms with Crippen LogP contribution in [0.2, 0.25) is 0 Å². The van der Waals surface area contributed by atoms with Crippen molar-refractivity contribution in [1.82, 2.24) is 0 Å². The van der Waals surface area contributed by atoms with Gasteiger partial charge in [0, 0.05) is 5.56 Å². The molecular weight excluding hydrogens is 300 g/mol. The second-order valence-electron chi connectivity index (χ2n) is 5.16. The molecule has 2 aromatic carbocycles. The molecule has 0 saturated heterocycles. The van der Waals surface area contributed by atoms with Crippen LogP contribution in [0.1, 0.15) is 28.4 Å². The van der Waals surface area contributed by atoms with Crippen molar-refractivity contribution in [2.24, 2.45) is 0 Å². The molecule has 2 atom stereocenters. The van der Waals surface area contributed by atoms with Crippen LogP contribution in [0, 0.1) is 0 Å². The van der Waals surface area contributed by atoms with E-state index in [4.69, 9.17) is 9.47 Å². The maximum atomic E-state index is 11.5. The number of aromatic hydroxyl groups is 1. The quantitative estimate of drug-likeness (QED) is 0.846. The van der Waals surface area contributed by atoms with Crippen LogP contribution in [0.4, 0.5) is 0 Å². The minimum Gasteiger partial charge on any atom is -0.508 e. The van der Waals surface area contributed by atoms with Crippen molar-refractivity contribution in [1.29, 1.82) is 0 Å². The highest BCUT2D eigenvalue weighted by molar-refractivity contribution is 5.89. The Kier molecular flexibility index (Phi) is 4.08. The summed E-state index contributed by atoms with van der Waals surface area (Å²) in [4.78, 5) is 11.5. The number of hydrogen-bond acceptors (Lipinski definition) is 6. The lowest BCUT2D eigenvalue weighted by atomic mass is 10.0. The number of aliphatic hydroxyl groups excluding tert-OH is 1. The Morgan fingerprint density at radius 3 is 2.87 bits per heavy atom. The molecule has 0 fully saturated rings. The van der Waals surface area contributed by atoms with E-state index in [1.54, 1.807) is 30.3 Å². The first-order chi connectivity index (χ1) is 11.1. The molecule has 0 aromatic heterocycles. The Morgan fingerprint density at radius 2 is 2.09 bits per heavy atom. The van der Waals surface area contributed by atoms with Crippen LogP contribution in [-0.2, 0) is 4.74 Å². The lowest BCUT2D eigenvalue weighted by Crippen LogP contribution is -2.30. The van der Waals surface area contributed by atoms with Gasteiger partial charge in [-0.15, -0.1) is 0 Å². The third-order valence-electron chi connectivity index (χ3n) is 3.55. The molecule has 2 aromatic rings. The summed E-state index contributed by atoms with van der Waals surface area (Å²) in [5.41, 5.74) is 0.889. The molecule has 2 unspecified atom stereocenters. The number of rotatable bonds is 3. The average Bonchev–Trinajstić information content (AvgIpc) is 2.55. The zero-order valence-electron chi connectivity index (χ0n) is 12.4. The zero-order valence-corrected chi connectivity index (χ0v) is 12.4. The van der Waals surface area contributed by atoms with Gasteiger partial charge < -0.3 is 24.4 Å². The Balaban J connectivity index is 1.77. The number of phenols is 1. The smallest absolute Gasteiger partial charge is 0.337 e. The van der Waals surface area contributed by atoms with E-state index in [-0.39, 0.29) is 12.2 Å². The van der Waals surface area contributed by atoms with Gasteiger partial charge in [0.25, 0.3) is 0 Å². The van der Waals surface area contributed by atoms with Crippen molar-refractivity contribution in [3.05, 3.63) is 53.6 Å². The third kappa shape index (κ3) is 3.22. The highest BCUT2D eigenvalue weighted by Crippen LogP contribution is 2.37. The molecule has 23 heavy (non-hydrogen) atoms. The highest BCUT2D eigenvalue weighted by Gasteiger charge is 2.28. The molecule has 120 valence electrons. The van der Waals surface area contributed by atoms with Gasteiger partial charge in [-0.05, 0) is 36.4 Å². The maximum Gasteiger partial charge on any atom is 0.337 e. The van der Waals surface area contributed by atoms with Gasteiger partial charge in [-0.3, -0.25) is 0 Å². The molecule has 0 radical (unpaired) electrons. The van der Waals surface area contributed by atoms with Crippen LogP contribution in [0.3, 0.4) is 0 Å². The number of ether oxygens (including phenoxy) is 3. The average molecular weight is 316 g/mol. The van der Waals surface area contributed by atoms with E-state index in [0.717, 1.165) is 0 Å². The molecule has 6 nitrogen and oxygen atoms in total. The molecule has 3 rings (SSSR count). The van der Waals surface area contributed by atoms with Crippen molar-refractivity contribution in [2.75, 3.05) is 7.11 Å². The fraction of sp³-hybridized carbons (Fsp3) is 0.235. The summed E-state index contributed by atoms with van der Waals surface area (Å²) in [6, 6.07) is 11.1. The first-order valence-corrected chi connectivity index (χ1v) is 7.09. The normalized spacial score (nSPS) is 19.4. The fourth-order valence-corrected chi connectivity index (χ4v) is 2.44. The maximum absolute atomic E-state index is 11.5. The van der Waals surface area contributed by atoms with Crippen LogP contribution in [0.25, 0.3) is 0 Å². The highest BCUT2D eigenvalue weighted by atomic mass is 16.7. The Hall–Kier alpha value is -2.73. The minimum atomic E-state index is -0.806. The lowest BCUT2D eigenvalue weighted by Gasteiger charge is -2.29. The van der Waals surface area contributed by atoms with E-state index >= 15 is 0 Å². The van der Waals surface area contributed by atoms with Crippen LogP contribution >= 0.6 is 0 Å². The summed E-state index contributed by atoms with van der Waals surface area (Å²) >= 11 is 0. The number of phenolic OH excluding ortho intramolecular Hbond substituents is 1. The molecule has 0 bridgehead atoms. The van der Waals surface area contributed by atoms with Gasteiger partial charge in [-0.1, -0.05) is 6.07 Å². The standard InChI is InChI=1S/C17H16O6/c1-21-17(20)10-3-2-4-12(7-10)22-16-9-14(19)13-8-11(18)5-6-15(13)23-16/h2-8,14,16,18-19H,9H2,1H3. The van der Waals surface area contributed by atoms with Crippen LogP contribution < -0.4 is 9.47 Å². The van der Waals surface area contributed by atoms with Gasteiger partial charge in [0.2, 0.25) is 6.29 Å². The van der Waals surface area contributed by atoms with Crippen molar-refractivity contribution in [2.45, 2.75) is 18.8 Å². The van der Waals surface area contributed by atoms with E-state index in [1.165, 1.54) is 19.2 Å². The van der Waals surface area contributed by atoms with Gasteiger partial charge in [-0.25, -0.2) is 4.79 Å². The number of hydrogen-bond donors (Lipinski definition) is 2. The number of benzene rings is 2. The zero-order chi connectivity index (χ0) is 16.4. The molecule has 1 aliphatic rings. The first kappa shape index (κ1) is 15.2. The SMILES string of the molecule is COC(=O)c1cccc(OC2CC(O)c3cc(O)ccc3O2)c1. The fourth-order valence-electron chi connectivity index (χ4n) is 2.44. The minimum absolute atomic E-state index is 0.0662. The molecule has 0 spiro atoms. The summed E-state index contributed by atoms with van der Waals surface area (Å²) in [5.74, 6) is 0.500. The lowest BCUT2D eigenvalue weighted by molar-refractivity contribution is -0.0500. The van der Waals surface area contributed by atoms with E-state index < -0.39 is 18.4 Å². The van der Waals surface area contributed by atoms with Crippen molar-refractivity contribution in [3.63, 3.8) is 0 Å². The summed E-state index contributed by atoms with van der Waals surface area (Å²) in [6.45, 7) is 0. The topological polar surface area (TPSA) is 85.2 Å². The number of carbonyl (C=O) groups is 1. The Morgan fingerprint density at radius 1 is 1.26 bits per heavy atom. The molecule has 0 saturated carbocycles. The summed E-state index contributed by atoms with van der Waals surface area (Å²) in [6.07, 6.45) is -1.30. The molecule has 6 heteroatoms. The van der Waals surface area contributed by atoms with Crippen LogP contribution in [0.5, 0.6) is 17.2 Å². The molecule has 2 N–H and O–H groups in total. The summed E-state index contributed by atoms with van der Waals surface area (Å²) in [7, 11) is 1.31. The van der Waals surface area contributed by atoms with Gasteiger partial charge >= 0.3 is 5.97 Å². The van der Waals surface area contributed by atoms with Gasteiger partial charge in [0.1, 0.15) is 17.2 Å². The largest absolute Gasteiger partial charge is 0.508 e. The van der Waals surface area contributed by atoms with E-state index in [1.807, 2.05) is 0 Å². The molecule has 1 aliphatic heterocycles. The van der Waals surface area contributed by atoms with Gasteiger partial charge in [0.15, 0.2) is 0 Å². The number of aliphatic hydroxyl groups is 1. The summed E-state index contributed by atoms with van der Waals surface area (Å²) < 4.78 is 16.0. The third-order valence-corrected chi connectivity index (χ3v) is 3.55. The van der Waals surface area contributed by atoms with E-state index in [0.29, 0.717) is 22.6 Å². The predicted octanol–water partition coefficient (Wildman–Crippen LogP) is 2.40. The van der Waals surface area contributed by atoms with Crippen molar-refractivity contribution < 1.29 is 29.2 Å². The second-order valence-corrected chi connectivity index (χ2v) is 5.16. The van der Waals surface area contributed by atoms with Crippen LogP contribution in [0.15, 0.2) is 42.5 Å². The van der Waals surface area contributed by atoms with E-state index in [2.05, 4.69) is 4.74 Å². The van der Waals surface area contributed by atoms with Gasteiger partial charge in [-0.2, -0.15) is 0 Å². The van der Waals surface area contributed by atoms with Crippen LogP contribution in [-0.4, -0.2) is 29.6 Å². The number of fused-ring (bicyclic) bond motifs is 1. The predicted molar refractivity (Wildman–Crippen MR) is 80.5 cm³/mol. The Bertz CT molecular complexity index is 727. The Labute approximate surface area is 132 Å². The number of carbonyl (C=O) groups excluding carboxylic acids is 1. The monoisotopic (exact) mass is 316 g/mol. The summed E-state index contributed by atoms with van der Waals surface area (Å²) in [5, 5.41) is 19.6. The molecule has 0 amide bonds.